The van der Waals surface area contributed by atoms with Gasteiger partial charge in [0.25, 0.3) is 0 Å². The van der Waals surface area contributed by atoms with E-state index in [9.17, 15) is 14.4 Å². The van der Waals surface area contributed by atoms with Crippen LogP contribution < -0.4 is 5.32 Å². The topological polar surface area (TPSA) is 92.7 Å². The number of hydrogen-bond donors (Lipinski definition) is 2. The fraction of sp³-hybridized carbons (Fsp3) is 0.769. The van der Waals surface area contributed by atoms with Crippen LogP contribution in [0.3, 0.4) is 0 Å². The molecule has 0 heterocycles. The van der Waals surface area contributed by atoms with Gasteiger partial charge in [-0.1, -0.05) is 13.3 Å². The summed E-state index contributed by atoms with van der Waals surface area (Å²) >= 11 is 0. The summed E-state index contributed by atoms with van der Waals surface area (Å²) in [5, 5.41) is 11.6. The number of rotatable bonds is 6. The molecule has 6 heteroatoms. The second kappa shape index (κ2) is 7.11. The van der Waals surface area contributed by atoms with Gasteiger partial charge in [0.1, 0.15) is 6.04 Å². The van der Waals surface area contributed by atoms with Crippen molar-refractivity contribution in [1.82, 2.24) is 5.32 Å². The first-order valence-corrected chi connectivity index (χ1v) is 6.55. The Labute approximate surface area is 112 Å². The third-order valence-electron chi connectivity index (χ3n) is 3.68. The van der Waals surface area contributed by atoms with Gasteiger partial charge in [0.05, 0.1) is 7.11 Å². The number of ether oxygens (including phenoxy) is 1. The Morgan fingerprint density at radius 3 is 2.53 bits per heavy atom. The molecule has 0 bridgehead atoms. The molecule has 0 aromatic rings. The van der Waals surface area contributed by atoms with Crippen molar-refractivity contribution < 1.29 is 24.2 Å². The van der Waals surface area contributed by atoms with E-state index in [1.54, 1.807) is 0 Å². The first-order chi connectivity index (χ1) is 8.95. The largest absolute Gasteiger partial charge is 0.480 e. The van der Waals surface area contributed by atoms with Crippen molar-refractivity contribution in [3.63, 3.8) is 0 Å². The summed E-state index contributed by atoms with van der Waals surface area (Å²) < 4.78 is 4.46. The molecule has 1 aliphatic rings. The molecule has 2 N–H and O–H groups in total. The Morgan fingerprint density at radius 1 is 1.37 bits per heavy atom. The van der Waals surface area contributed by atoms with Crippen molar-refractivity contribution in [3.8, 4) is 0 Å². The maximum Gasteiger partial charge on any atom is 0.326 e. The summed E-state index contributed by atoms with van der Waals surface area (Å²) in [5.41, 5.74) is 0. The Kier molecular flexibility index (Phi) is 5.79. The van der Waals surface area contributed by atoms with Gasteiger partial charge in [0.15, 0.2) is 0 Å². The van der Waals surface area contributed by atoms with E-state index in [2.05, 4.69) is 10.1 Å². The predicted molar refractivity (Wildman–Crippen MR) is 67.3 cm³/mol. The first kappa shape index (κ1) is 15.5. The second-order valence-corrected chi connectivity index (χ2v) is 5.03. The van der Waals surface area contributed by atoms with Crippen LogP contribution in [0.4, 0.5) is 0 Å². The van der Waals surface area contributed by atoms with E-state index in [1.807, 2.05) is 6.92 Å². The maximum atomic E-state index is 12.0. The van der Waals surface area contributed by atoms with Crippen LogP contribution in [0.1, 0.15) is 39.0 Å². The van der Waals surface area contributed by atoms with Crippen LogP contribution in [0.2, 0.25) is 0 Å². The number of amides is 1. The van der Waals surface area contributed by atoms with E-state index in [4.69, 9.17) is 5.11 Å². The lowest BCUT2D eigenvalue weighted by atomic mass is 9.96. The Hall–Kier alpha value is -1.59. The van der Waals surface area contributed by atoms with Crippen molar-refractivity contribution in [2.45, 2.75) is 45.1 Å². The number of aliphatic carboxylic acids is 1. The Morgan fingerprint density at radius 2 is 2.05 bits per heavy atom. The summed E-state index contributed by atoms with van der Waals surface area (Å²) in [6, 6.07) is -1.03. The number of methoxy groups -OCH3 is 1. The molecule has 1 fully saturated rings. The summed E-state index contributed by atoms with van der Waals surface area (Å²) in [6.07, 6.45) is 2.83. The van der Waals surface area contributed by atoms with Crippen molar-refractivity contribution in [2.75, 3.05) is 7.11 Å². The van der Waals surface area contributed by atoms with Crippen LogP contribution in [-0.2, 0) is 19.1 Å². The molecule has 0 aromatic heterocycles. The molecule has 0 saturated heterocycles. The lowest BCUT2D eigenvalue weighted by Crippen LogP contribution is -2.44. The highest BCUT2D eigenvalue weighted by atomic mass is 16.5. The number of carbonyl (C=O) groups is 3. The average molecular weight is 271 g/mol. The number of esters is 1. The standard InChI is InChI=1S/C13H21NO5/c1-8-4-3-5-9(8)12(16)14-10(13(17)18)6-7-11(15)19-2/h8-10H,3-7H2,1-2H3,(H,14,16)(H,17,18)/t8?,9?,10-/m0/s1. The minimum Gasteiger partial charge on any atom is -0.480 e. The molecule has 1 amide bonds. The maximum absolute atomic E-state index is 12.0. The molecule has 0 radical (unpaired) electrons. The minimum absolute atomic E-state index is 0.0199. The molecule has 0 aliphatic heterocycles. The van der Waals surface area contributed by atoms with Gasteiger partial charge in [-0.25, -0.2) is 4.79 Å². The summed E-state index contributed by atoms with van der Waals surface area (Å²) in [7, 11) is 1.25. The van der Waals surface area contributed by atoms with Crippen LogP contribution in [0.5, 0.6) is 0 Å². The number of nitrogens with one attached hydrogen (secondary N) is 1. The molecule has 1 rings (SSSR count). The fourth-order valence-corrected chi connectivity index (χ4v) is 2.44. The second-order valence-electron chi connectivity index (χ2n) is 5.03. The van der Waals surface area contributed by atoms with Gasteiger partial charge in [-0.05, 0) is 25.2 Å². The molecule has 2 unspecified atom stereocenters. The van der Waals surface area contributed by atoms with Crippen LogP contribution >= 0.6 is 0 Å². The SMILES string of the molecule is COC(=O)CC[C@H](NC(=O)C1CCCC1C)C(=O)O. The van der Waals surface area contributed by atoms with Gasteiger partial charge >= 0.3 is 11.9 Å². The zero-order valence-electron chi connectivity index (χ0n) is 11.3. The van der Waals surface area contributed by atoms with Gasteiger partial charge in [0.2, 0.25) is 5.91 Å². The summed E-state index contributed by atoms with van der Waals surface area (Å²) in [6.45, 7) is 2.00. The van der Waals surface area contributed by atoms with Crippen molar-refractivity contribution in [2.24, 2.45) is 11.8 Å². The highest BCUT2D eigenvalue weighted by Gasteiger charge is 2.32. The molecular formula is C13H21NO5. The van der Waals surface area contributed by atoms with E-state index in [0.29, 0.717) is 0 Å². The zero-order chi connectivity index (χ0) is 14.4. The minimum atomic E-state index is -1.12. The molecule has 0 aromatic carbocycles. The highest BCUT2D eigenvalue weighted by Crippen LogP contribution is 2.31. The van der Waals surface area contributed by atoms with Crippen molar-refractivity contribution in [3.05, 3.63) is 0 Å². The van der Waals surface area contributed by atoms with Crippen LogP contribution in [0.25, 0.3) is 0 Å². The molecular weight excluding hydrogens is 250 g/mol. The third kappa shape index (κ3) is 4.54. The van der Waals surface area contributed by atoms with Crippen molar-refractivity contribution >= 4 is 17.8 Å². The van der Waals surface area contributed by atoms with Gasteiger partial charge in [0, 0.05) is 12.3 Å². The molecule has 1 saturated carbocycles. The van der Waals surface area contributed by atoms with Crippen molar-refractivity contribution in [1.29, 1.82) is 0 Å². The van der Waals surface area contributed by atoms with Gasteiger partial charge in [-0.3, -0.25) is 9.59 Å². The van der Waals surface area contributed by atoms with Gasteiger partial charge in [-0.2, -0.15) is 0 Å². The van der Waals surface area contributed by atoms with Gasteiger partial charge in [-0.15, -0.1) is 0 Å². The van der Waals surface area contributed by atoms with Gasteiger partial charge < -0.3 is 15.2 Å². The summed E-state index contributed by atoms with van der Waals surface area (Å²) in [4.78, 5) is 34.1. The van der Waals surface area contributed by atoms with Crippen LogP contribution in [-0.4, -0.2) is 36.1 Å². The molecule has 1 aliphatic carbocycles. The van der Waals surface area contributed by atoms with Crippen LogP contribution in [0.15, 0.2) is 0 Å². The number of carbonyl (C=O) groups excluding carboxylic acids is 2. The van der Waals surface area contributed by atoms with E-state index < -0.39 is 18.0 Å². The smallest absolute Gasteiger partial charge is 0.326 e. The number of hydrogen-bond acceptors (Lipinski definition) is 4. The first-order valence-electron chi connectivity index (χ1n) is 6.55. The summed E-state index contributed by atoms with van der Waals surface area (Å²) in [5.74, 6) is -1.64. The molecule has 6 nitrogen and oxygen atoms in total. The lowest BCUT2D eigenvalue weighted by molar-refractivity contribution is -0.144. The molecule has 3 atom stereocenters. The number of carboxylic acid groups (broad SMARTS) is 1. The Balaban J connectivity index is 2.51. The van der Waals surface area contributed by atoms with E-state index >= 15 is 0 Å². The van der Waals surface area contributed by atoms with E-state index in [0.717, 1.165) is 19.3 Å². The van der Waals surface area contributed by atoms with E-state index in [1.165, 1.54) is 7.11 Å². The third-order valence-corrected chi connectivity index (χ3v) is 3.68. The average Bonchev–Trinajstić information content (AvgIpc) is 2.79. The fourth-order valence-electron chi connectivity index (χ4n) is 2.44. The predicted octanol–water partition coefficient (Wildman–Crippen LogP) is 0.945. The molecule has 0 spiro atoms. The van der Waals surface area contributed by atoms with E-state index in [-0.39, 0.29) is 30.6 Å². The Bertz CT molecular complexity index is 355. The van der Waals surface area contributed by atoms with Crippen LogP contribution in [0, 0.1) is 11.8 Å². The monoisotopic (exact) mass is 271 g/mol. The molecule has 108 valence electrons. The zero-order valence-corrected chi connectivity index (χ0v) is 11.3. The quantitative estimate of drug-likeness (QED) is 0.701. The number of carboxylic acids is 1. The highest BCUT2D eigenvalue weighted by molar-refractivity contribution is 5.85. The molecule has 19 heavy (non-hydrogen) atoms. The lowest BCUT2D eigenvalue weighted by Gasteiger charge is -2.19. The normalized spacial score (nSPS) is 23.7.